The van der Waals surface area contributed by atoms with Crippen LogP contribution in [-0.2, 0) is 4.74 Å². The lowest BCUT2D eigenvalue weighted by Gasteiger charge is -2.14. The van der Waals surface area contributed by atoms with Gasteiger partial charge in [0.15, 0.2) is 0 Å². The summed E-state index contributed by atoms with van der Waals surface area (Å²) in [6, 6.07) is 7.52. The van der Waals surface area contributed by atoms with E-state index in [1.807, 2.05) is 25.1 Å². The third-order valence-electron chi connectivity index (χ3n) is 3.22. The van der Waals surface area contributed by atoms with E-state index in [0.717, 1.165) is 19.5 Å². The molecule has 0 bridgehead atoms. The summed E-state index contributed by atoms with van der Waals surface area (Å²) in [4.78, 5) is 12.3. The number of amides is 1. The highest BCUT2D eigenvalue weighted by Crippen LogP contribution is 2.18. The zero-order chi connectivity index (χ0) is 14.2. The number of ether oxygens (including phenoxy) is 2. The smallest absolute Gasteiger partial charge is 0.255 e. The SMILES string of the molecule is CCOCCOc1ccccc1C(=O)NC1CCNC1. The van der Waals surface area contributed by atoms with Gasteiger partial charge in [0.2, 0.25) is 0 Å². The molecule has 0 spiro atoms. The fourth-order valence-electron chi connectivity index (χ4n) is 2.18. The Kier molecular flexibility index (Phi) is 5.83. The van der Waals surface area contributed by atoms with Gasteiger partial charge in [-0.2, -0.15) is 0 Å². The zero-order valence-electron chi connectivity index (χ0n) is 11.9. The summed E-state index contributed by atoms with van der Waals surface area (Å²) < 4.78 is 10.9. The minimum Gasteiger partial charge on any atom is -0.490 e. The van der Waals surface area contributed by atoms with E-state index in [0.29, 0.717) is 31.1 Å². The third kappa shape index (κ3) is 4.21. The molecular formula is C15H22N2O3. The first-order chi connectivity index (χ1) is 9.81. The standard InChI is InChI=1S/C15H22N2O3/c1-2-19-9-10-20-14-6-4-3-5-13(14)15(18)17-12-7-8-16-11-12/h3-6,12,16H,2,7-11H2,1H3,(H,17,18). The van der Waals surface area contributed by atoms with E-state index in [9.17, 15) is 4.79 Å². The number of hydrogen-bond acceptors (Lipinski definition) is 4. The Balaban J connectivity index is 1.93. The highest BCUT2D eigenvalue weighted by Gasteiger charge is 2.19. The summed E-state index contributed by atoms with van der Waals surface area (Å²) in [5.74, 6) is 0.529. The van der Waals surface area contributed by atoms with Crippen LogP contribution in [0, 0.1) is 0 Å². The van der Waals surface area contributed by atoms with Crippen molar-refractivity contribution >= 4 is 5.91 Å². The lowest BCUT2D eigenvalue weighted by Crippen LogP contribution is -2.36. The van der Waals surface area contributed by atoms with E-state index in [-0.39, 0.29) is 11.9 Å². The van der Waals surface area contributed by atoms with Crippen LogP contribution in [0.1, 0.15) is 23.7 Å². The Morgan fingerprint density at radius 3 is 3.00 bits per heavy atom. The van der Waals surface area contributed by atoms with Gasteiger partial charge in [0, 0.05) is 19.2 Å². The molecular weight excluding hydrogens is 256 g/mol. The molecule has 0 aliphatic carbocycles. The number of carbonyl (C=O) groups excluding carboxylic acids is 1. The van der Waals surface area contributed by atoms with Gasteiger partial charge in [-0.3, -0.25) is 4.79 Å². The number of para-hydroxylation sites is 1. The highest BCUT2D eigenvalue weighted by molar-refractivity contribution is 5.97. The Bertz CT molecular complexity index is 431. The third-order valence-corrected chi connectivity index (χ3v) is 3.22. The van der Waals surface area contributed by atoms with Crippen molar-refractivity contribution in [3.8, 4) is 5.75 Å². The van der Waals surface area contributed by atoms with Crippen LogP contribution in [0.5, 0.6) is 5.75 Å². The summed E-state index contributed by atoms with van der Waals surface area (Å²) in [6.07, 6.45) is 0.971. The first-order valence-corrected chi connectivity index (χ1v) is 7.12. The monoisotopic (exact) mass is 278 g/mol. The minimum absolute atomic E-state index is 0.0780. The lowest BCUT2D eigenvalue weighted by molar-refractivity contribution is 0.0924. The quantitative estimate of drug-likeness (QED) is 0.736. The van der Waals surface area contributed by atoms with Gasteiger partial charge in [-0.25, -0.2) is 0 Å². The molecule has 1 aliphatic rings. The van der Waals surface area contributed by atoms with Crippen molar-refractivity contribution in [1.29, 1.82) is 0 Å². The second-order valence-electron chi connectivity index (χ2n) is 4.70. The van der Waals surface area contributed by atoms with Gasteiger partial charge in [-0.15, -0.1) is 0 Å². The summed E-state index contributed by atoms with van der Waals surface area (Å²) in [5.41, 5.74) is 0.580. The molecule has 1 aromatic rings. The topological polar surface area (TPSA) is 59.6 Å². The van der Waals surface area contributed by atoms with E-state index in [4.69, 9.17) is 9.47 Å². The molecule has 1 unspecified atom stereocenters. The average Bonchev–Trinajstić information content (AvgIpc) is 2.97. The van der Waals surface area contributed by atoms with Crippen molar-refractivity contribution in [1.82, 2.24) is 10.6 Å². The predicted octanol–water partition coefficient (Wildman–Crippen LogP) is 1.19. The lowest BCUT2D eigenvalue weighted by atomic mass is 10.1. The molecule has 1 fully saturated rings. The largest absolute Gasteiger partial charge is 0.490 e. The van der Waals surface area contributed by atoms with E-state index in [2.05, 4.69) is 10.6 Å². The Labute approximate surface area is 119 Å². The molecule has 0 aromatic heterocycles. The molecule has 1 heterocycles. The Morgan fingerprint density at radius 1 is 1.40 bits per heavy atom. The summed E-state index contributed by atoms with van der Waals surface area (Å²) >= 11 is 0. The molecule has 5 heteroatoms. The molecule has 5 nitrogen and oxygen atoms in total. The first kappa shape index (κ1) is 14.8. The average molecular weight is 278 g/mol. The molecule has 110 valence electrons. The van der Waals surface area contributed by atoms with E-state index in [1.165, 1.54) is 0 Å². The van der Waals surface area contributed by atoms with E-state index < -0.39 is 0 Å². The molecule has 0 saturated carbocycles. The number of hydrogen-bond donors (Lipinski definition) is 2. The molecule has 0 radical (unpaired) electrons. The first-order valence-electron chi connectivity index (χ1n) is 7.12. The minimum atomic E-state index is -0.0780. The zero-order valence-corrected chi connectivity index (χ0v) is 11.9. The predicted molar refractivity (Wildman–Crippen MR) is 77.2 cm³/mol. The molecule has 1 amide bonds. The van der Waals surface area contributed by atoms with E-state index in [1.54, 1.807) is 6.07 Å². The van der Waals surface area contributed by atoms with Gasteiger partial charge in [0.25, 0.3) is 5.91 Å². The number of nitrogens with one attached hydrogen (secondary N) is 2. The van der Waals surface area contributed by atoms with Gasteiger partial charge >= 0.3 is 0 Å². The van der Waals surface area contributed by atoms with Gasteiger partial charge in [-0.05, 0) is 32.0 Å². The maximum Gasteiger partial charge on any atom is 0.255 e. The van der Waals surface area contributed by atoms with Gasteiger partial charge in [-0.1, -0.05) is 12.1 Å². The normalized spacial score (nSPS) is 17.9. The van der Waals surface area contributed by atoms with Crippen LogP contribution in [0.2, 0.25) is 0 Å². The van der Waals surface area contributed by atoms with Crippen LogP contribution in [0.4, 0.5) is 0 Å². The summed E-state index contributed by atoms with van der Waals surface area (Å²) in [6.45, 7) is 5.37. The van der Waals surface area contributed by atoms with Crippen LogP contribution in [0.25, 0.3) is 0 Å². The van der Waals surface area contributed by atoms with Gasteiger partial charge < -0.3 is 20.1 Å². The molecule has 2 rings (SSSR count). The maximum atomic E-state index is 12.3. The Hall–Kier alpha value is -1.59. The van der Waals surface area contributed by atoms with Crippen molar-refractivity contribution < 1.29 is 14.3 Å². The van der Waals surface area contributed by atoms with Crippen LogP contribution >= 0.6 is 0 Å². The summed E-state index contributed by atoms with van der Waals surface area (Å²) in [5, 5.41) is 6.25. The van der Waals surface area contributed by atoms with Crippen molar-refractivity contribution in [2.75, 3.05) is 32.9 Å². The molecule has 1 atom stereocenters. The van der Waals surface area contributed by atoms with E-state index >= 15 is 0 Å². The van der Waals surface area contributed by atoms with Crippen molar-refractivity contribution in [2.24, 2.45) is 0 Å². The van der Waals surface area contributed by atoms with Crippen LogP contribution in [0.15, 0.2) is 24.3 Å². The summed E-state index contributed by atoms with van der Waals surface area (Å²) in [7, 11) is 0. The Morgan fingerprint density at radius 2 is 2.25 bits per heavy atom. The van der Waals surface area contributed by atoms with Crippen molar-refractivity contribution in [3.63, 3.8) is 0 Å². The highest BCUT2D eigenvalue weighted by atomic mass is 16.5. The number of benzene rings is 1. The molecule has 1 saturated heterocycles. The molecule has 2 N–H and O–H groups in total. The van der Waals surface area contributed by atoms with Crippen molar-refractivity contribution in [2.45, 2.75) is 19.4 Å². The fourth-order valence-corrected chi connectivity index (χ4v) is 2.18. The maximum absolute atomic E-state index is 12.3. The number of rotatable bonds is 7. The molecule has 20 heavy (non-hydrogen) atoms. The fraction of sp³-hybridized carbons (Fsp3) is 0.533. The second kappa shape index (κ2) is 7.87. The number of carbonyl (C=O) groups is 1. The molecule has 1 aromatic carbocycles. The van der Waals surface area contributed by atoms with Gasteiger partial charge in [0.1, 0.15) is 12.4 Å². The van der Waals surface area contributed by atoms with Crippen LogP contribution in [0.3, 0.4) is 0 Å². The van der Waals surface area contributed by atoms with Gasteiger partial charge in [0.05, 0.1) is 12.2 Å². The van der Waals surface area contributed by atoms with Crippen LogP contribution in [-0.4, -0.2) is 44.9 Å². The second-order valence-corrected chi connectivity index (χ2v) is 4.70. The van der Waals surface area contributed by atoms with Crippen LogP contribution < -0.4 is 15.4 Å². The molecule has 1 aliphatic heterocycles. The van der Waals surface area contributed by atoms with Crippen molar-refractivity contribution in [3.05, 3.63) is 29.8 Å².